The quantitative estimate of drug-likeness (QED) is 0.108. The third-order valence-electron chi connectivity index (χ3n) is 17.5. The van der Waals surface area contributed by atoms with Gasteiger partial charge in [-0.1, -0.05) is 172 Å². The van der Waals surface area contributed by atoms with Gasteiger partial charge in [-0.05, 0) is 97.2 Å². The second-order valence-electron chi connectivity index (χ2n) is 21.8. The number of benzene rings is 6. The van der Waals surface area contributed by atoms with Crippen molar-refractivity contribution in [3.8, 4) is 0 Å². The monoisotopic (exact) mass is 987 g/mol. The molecule has 12 rings (SSSR count). The smallest absolute Gasteiger partial charge is 0.251 e. The van der Waals surface area contributed by atoms with Gasteiger partial charge in [0.05, 0.1) is 35.0 Å². The highest BCUT2D eigenvalue weighted by atomic mass is 16.2. The zero-order chi connectivity index (χ0) is 50.5. The molecule has 0 bridgehead atoms. The number of nitrogens with one attached hydrogen (secondary N) is 4. The fraction of sp³-hybridized carbons (Fsp3) is 0.375. The molecule has 4 heterocycles. The predicted octanol–water partition coefficient (Wildman–Crippen LogP) is 12.2. The molecule has 6 aromatic carbocycles. The molecule has 2 saturated heterocycles. The van der Waals surface area contributed by atoms with Crippen molar-refractivity contribution < 1.29 is 19.2 Å². The van der Waals surface area contributed by atoms with Crippen LogP contribution in [0.25, 0.3) is 0 Å². The van der Waals surface area contributed by atoms with Gasteiger partial charge in [0.25, 0.3) is 11.8 Å². The summed E-state index contributed by atoms with van der Waals surface area (Å²) in [6, 6.07) is 57.2. The van der Waals surface area contributed by atoms with Gasteiger partial charge in [0.15, 0.2) is 0 Å². The third-order valence-corrected chi connectivity index (χ3v) is 17.5. The number of fused-ring (bicyclic) bond motifs is 6. The summed E-state index contributed by atoms with van der Waals surface area (Å²) in [5, 5.41) is 13.9. The Morgan fingerprint density at radius 1 is 0.432 bits per heavy atom. The molecule has 6 aliphatic rings. The SMILES string of the molecule is O=C(NCC1(C(=O)N2CC[C@@H]3[C@H](c4ccccc4)Nc4ccccc4[C@@H]32)CCCCC1)c1ccccc1.O=C(NCC1(C(=O)N2CC[C@H]3[C@@H](c4ccccc4)Nc4ccccc4[C@H]32)CCCCC1)c1ccccc1. The van der Waals surface area contributed by atoms with E-state index in [1.165, 1.54) is 22.3 Å². The first-order chi connectivity index (χ1) is 36.3. The van der Waals surface area contributed by atoms with Crippen LogP contribution in [0.3, 0.4) is 0 Å². The molecule has 4 N–H and O–H groups in total. The Kier molecular flexibility index (Phi) is 14.4. The Morgan fingerprint density at radius 3 is 1.15 bits per heavy atom. The summed E-state index contributed by atoms with van der Waals surface area (Å²) < 4.78 is 0. The van der Waals surface area contributed by atoms with Crippen LogP contribution in [0.5, 0.6) is 0 Å². The Morgan fingerprint density at radius 2 is 0.770 bits per heavy atom. The van der Waals surface area contributed by atoms with Gasteiger partial charge in [0.1, 0.15) is 0 Å². The van der Waals surface area contributed by atoms with E-state index >= 15 is 0 Å². The average molecular weight is 987 g/mol. The van der Waals surface area contributed by atoms with Crippen molar-refractivity contribution in [3.05, 3.63) is 203 Å². The van der Waals surface area contributed by atoms with Crippen molar-refractivity contribution in [1.29, 1.82) is 0 Å². The number of hydrogen-bond donors (Lipinski definition) is 4. The largest absolute Gasteiger partial charge is 0.378 e. The second kappa shape index (κ2) is 21.7. The molecule has 380 valence electrons. The minimum atomic E-state index is -0.542. The van der Waals surface area contributed by atoms with Gasteiger partial charge in [-0.25, -0.2) is 0 Å². The average Bonchev–Trinajstić information content (AvgIpc) is 4.13. The number of anilines is 2. The molecular weight excluding hydrogens is 917 g/mol. The summed E-state index contributed by atoms with van der Waals surface area (Å²) in [5.74, 6) is 0.845. The molecule has 0 unspecified atom stereocenters. The van der Waals surface area contributed by atoms with E-state index in [-0.39, 0.29) is 47.8 Å². The standard InChI is InChI=1S/2C32H35N3O2/c2*36-30(24-14-6-2-7-15-24)33-22-32(19-10-3-11-20-32)31(37)35-21-18-26-28(23-12-4-1-5-13-23)34-27-17-9-8-16-25(27)29(26)35/h2*1-2,4-9,12-17,26,28-29,34H,3,10-11,18-22H2,(H,33,36)/t2*26-,28+,29+/m10/s1. The van der Waals surface area contributed by atoms with Gasteiger partial charge in [0.2, 0.25) is 11.8 Å². The van der Waals surface area contributed by atoms with Crippen molar-refractivity contribution >= 4 is 35.0 Å². The van der Waals surface area contributed by atoms with Crippen molar-refractivity contribution in [1.82, 2.24) is 20.4 Å². The Balaban J connectivity index is 0.000000159. The Hall–Kier alpha value is -7.20. The fourth-order valence-electron chi connectivity index (χ4n) is 13.8. The number of nitrogens with zero attached hydrogens (tertiary/aromatic N) is 2. The molecule has 6 aromatic rings. The van der Waals surface area contributed by atoms with Crippen LogP contribution in [-0.4, -0.2) is 59.6 Å². The molecule has 2 saturated carbocycles. The maximum Gasteiger partial charge on any atom is 0.251 e. The second-order valence-corrected chi connectivity index (χ2v) is 21.8. The fourth-order valence-corrected chi connectivity index (χ4v) is 13.8. The van der Waals surface area contributed by atoms with E-state index in [0.29, 0.717) is 36.1 Å². The molecule has 0 radical (unpaired) electrons. The van der Waals surface area contributed by atoms with Gasteiger partial charge in [0, 0.05) is 60.5 Å². The summed E-state index contributed by atoms with van der Waals surface area (Å²) in [6.45, 7) is 2.30. The van der Waals surface area contributed by atoms with E-state index in [2.05, 4.69) is 140 Å². The molecule has 6 atom stereocenters. The zero-order valence-electron chi connectivity index (χ0n) is 42.5. The first-order valence-electron chi connectivity index (χ1n) is 27.4. The molecule has 10 heteroatoms. The Bertz CT molecular complexity index is 2710. The molecule has 4 amide bonds. The zero-order valence-corrected chi connectivity index (χ0v) is 42.5. The Labute approximate surface area is 436 Å². The molecule has 0 aromatic heterocycles. The van der Waals surface area contributed by atoms with Crippen molar-refractivity contribution in [3.63, 3.8) is 0 Å². The molecule has 4 fully saturated rings. The van der Waals surface area contributed by atoms with E-state index in [1.54, 1.807) is 0 Å². The number of para-hydroxylation sites is 2. The lowest BCUT2D eigenvalue weighted by molar-refractivity contribution is -0.146. The maximum absolute atomic E-state index is 14.5. The summed E-state index contributed by atoms with van der Waals surface area (Å²) in [4.78, 5) is 59.2. The minimum Gasteiger partial charge on any atom is -0.378 e. The summed E-state index contributed by atoms with van der Waals surface area (Å²) in [6.07, 6.45) is 11.7. The van der Waals surface area contributed by atoms with Crippen molar-refractivity contribution in [2.75, 3.05) is 36.8 Å². The number of carbonyl (C=O) groups excluding carboxylic acids is 4. The molecule has 4 aliphatic heterocycles. The highest BCUT2D eigenvalue weighted by Gasteiger charge is 2.53. The number of hydrogen-bond acceptors (Lipinski definition) is 6. The molecular formula is C64H70N6O4. The van der Waals surface area contributed by atoms with E-state index in [1.807, 2.05) is 60.7 Å². The van der Waals surface area contributed by atoms with Crippen LogP contribution < -0.4 is 21.3 Å². The molecule has 74 heavy (non-hydrogen) atoms. The van der Waals surface area contributed by atoms with Crippen LogP contribution in [-0.2, 0) is 9.59 Å². The first-order valence-corrected chi connectivity index (χ1v) is 27.4. The maximum atomic E-state index is 14.5. The van der Waals surface area contributed by atoms with Crippen LogP contribution in [0.15, 0.2) is 170 Å². The van der Waals surface area contributed by atoms with Gasteiger partial charge < -0.3 is 31.1 Å². The number of likely N-dealkylation sites (tertiary alicyclic amines) is 2. The number of amides is 4. The van der Waals surface area contributed by atoms with E-state index in [0.717, 1.165) is 102 Å². The number of carbonyl (C=O) groups is 4. The van der Waals surface area contributed by atoms with Crippen molar-refractivity contribution in [2.24, 2.45) is 22.7 Å². The molecule has 10 nitrogen and oxygen atoms in total. The lowest BCUT2D eigenvalue weighted by Gasteiger charge is -2.44. The van der Waals surface area contributed by atoms with Gasteiger partial charge in [-0.15, -0.1) is 0 Å². The van der Waals surface area contributed by atoms with Crippen molar-refractivity contribution in [2.45, 2.75) is 101 Å². The molecule has 2 aliphatic carbocycles. The van der Waals surface area contributed by atoms with E-state index in [4.69, 9.17) is 0 Å². The van der Waals surface area contributed by atoms with Crippen LogP contribution in [0, 0.1) is 22.7 Å². The summed E-state index contributed by atoms with van der Waals surface area (Å²) in [7, 11) is 0. The summed E-state index contributed by atoms with van der Waals surface area (Å²) in [5.41, 5.74) is 7.39. The number of rotatable bonds is 10. The topological polar surface area (TPSA) is 123 Å². The predicted molar refractivity (Wildman–Crippen MR) is 292 cm³/mol. The first kappa shape index (κ1) is 49.0. The lowest BCUT2D eigenvalue weighted by Crippen LogP contribution is -2.51. The van der Waals surface area contributed by atoms with Gasteiger partial charge in [-0.3, -0.25) is 19.2 Å². The third kappa shape index (κ3) is 9.71. The van der Waals surface area contributed by atoms with Crippen LogP contribution in [0.1, 0.15) is 144 Å². The van der Waals surface area contributed by atoms with E-state index < -0.39 is 10.8 Å². The van der Waals surface area contributed by atoms with Gasteiger partial charge in [-0.2, -0.15) is 0 Å². The normalized spacial score (nSPS) is 23.9. The van der Waals surface area contributed by atoms with Crippen LogP contribution in [0.4, 0.5) is 11.4 Å². The highest BCUT2D eigenvalue weighted by Crippen LogP contribution is 2.55. The highest BCUT2D eigenvalue weighted by molar-refractivity contribution is 5.95. The van der Waals surface area contributed by atoms with Crippen LogP contribution >= 0.6 is 0 Å². The van der Waals surface area contributed by atoms with Gasteiger partial charge >= 0.3 is 0 Å². The van der Waals surface area contributed by atoms with E-state index in [9.17, 15) is 19.2 Å². The summed E-state index contributed by atoms with van der Waals surface area (Å²) >= 11 is 0. The van der Waals surface area contributed by atoms with Crippen LogP contribution in [0.2, 0.25) is 0 Å². The lowest BCUT2D eigenvalue weighted by atomic mass is 9.72. The minimum absolute atomic E-state index is 0.0405. The molecule has 0 spiro atoms.